The first kappa shape index (κ1) is 12.8. The molecule has 2 N–H and O–H groups in total. The third kappa shape index (κ3) is 3.19. The number of primary amides is 1. The highest BCUT2D eigenvalue weighted by molar-refractivity contribution is 5.92. The van der Waals surface area contributed by atoms with Gasteiger partial charge in [-0.3, -0.25) is 4.79 Å². The molecule has 0 saturated carbocycles. The molecule has 0 heterocycles. The maximum absolute atomic E-state index is 11.9. The molecule has 19 heavy (non-hydrogen) atoms. The van der Waals surface area contributed by atoms with Crippen LogP contribution in [0, 0.1) is 0 Å². The lowest BCUT2D eigenvalue weighted by Crippen LogP contribution is -2.26. The van der Waals surface area contributed by atoms with Gasteiger partial charge in [-0.2, -0.15) is 0 Å². The summed E-state index contributed by atoms with van der Waals surface area (Å²) in [5.41, 5.74) is 6.21. The van der Waals surface area contributed by atoms with Gasteiger partial charge in [0, 0.05) is 5.56 Å². The van der Waals surface area contributed by atoms with Crippen LogP contribution in [-0.4, -0.2) is 11.9 Å². The van der Waals surface area contributed by atoms with Crippen molar-refractivity contribution in [2.45, 2.75) is 6.10 Å². The lowest BCUT2D eigenvalue weighted by molar-refractivity contribution is -0.127. The Hall–Kier alpha value is -2.62. The minimum absolute atomic E-state index is 0.379. The zero-order valence-electron chi connectivity index (χ0n) is 10.2. The lowest BCUT2D eigenvalue weighted by Gasteiger charge is -2.14. The monoisotopic (exact) mass is 255 g/mol. The van der Waals surface area contributed by atoms with E-state index in [4.69, 9.17) is 10.5 Å². The highest BCUT2D eigenvalue weighted by atomic mass is 16.5. The van der Waals surface area contributed by atoms with Crippen LogP contribution in [0.5, 0.6) is 0 Å². The van der Waals surface area contributed by atoms with Crippen LogP contribution in [0.3, 0.4) is 0 Å². The van der Waals surface area contributed by atoms with Gasteiger partial charge in [-0.1, -0.05) is 48.5 Å². The molecule has 0 aliphatic rings. The van der Waals surface area contributed by atoms with Crippen molar-refractivity contribution in [2.24, 2.45) is 5.73 Å². The quantitative estimate of drug-likeness (QED) is 0.850. The van der Waals surface area contributed by atoms with Gasteiger partial charge >= 0.3 is 5.97 Å². The number of carbonyl (C=O) groups is 2. The number of esters is 1. The van der Waals surface area contributed by atoms with Crippen LogP contribution in [-0.2, 0) is 9.53 Å². The molecule has 4 nitrogen and oxygen atoms in total. The van der Waals surface area contributed by atoms with E-state index in [1.807, 2.05) is 0 Å². The summed E-state index contributed by atoms with van der Waals surface area (Å²) in [5, 5.41) is 0. The Morgan fingerprint density at radius 3 is 1.95 bits per heavy atom. The molecule has 1 atom stereocenters. The van der Waals surface area contributed by atoms with Crippen molar-refractivity contribution in [3.8, 4) is 0 Å². The van der Waals surface area contributed by atoms with E-state index in [1.54, 1.807) is 60.7 Å². The zero-order chi connectivity index (χ0) is 13.7. The predicted molar refractivity (Wildman–Crippen MR) is 70.2 cm³/mol. The Morgan fingerprint density at radius 1 is 0.895 bits per heavy atom. The van der Waals surface area contributed by atoms with E-state index < -0.39 is 18.0 Å². The fraction of sp³-hybridized carbons (Fsp3) is 0.0667. The highest BCUT2D eigenvalue weighted by Gasteiger charge is 2.22. The predicted octanol–water partition coefficient (Wildman–Crippen LogP) is 2.07. The minimum Gasteiger partial charge on any atom is -0.444 e. The summed E-state index contributed by atoms with van der Waals surface area (Å²) < 4.78 is 5.17. The van der Waals surface area contributed by atoms with Crippen molar-refractivity contribution < 1.29 is 14.3 Å². The second-order valence-corrected chi connectivity index (χ2v) is 3.96. The van der Waals surface area contributed by atoms with E-state index in [9.17, 15) is 9.59 Å². The third-order valence-corrected chi connectivity index (χ3v) is 2.60. The fourth-order valence-electron chi connectivity index (χ4n) is 1.67. The number of hydrogen-bond donors (Lipinski definition) is 1. The second kappa shape index (κ2) is 5.82. The number of amides is 1. The van der Waals surface area contributed by atoms with Crippen LogP contribution in [0.4, 0.5) is 0 Å². The molecule has 0 bridgehead atoms. The first-order valence-electron chi connectivity index (χ1n) is 5.79. The van der Waals surface area contributed by atoms with Gasteiger partial charge in [0.25, 0.3) is 5.91 Å². The van der Waals surface area contributed by atoms with E-state index in [2.05, 4.69) is 0 Å². The molecule has 1 amide bonds. The third-order valence-electron chi connectivity index (χ3n) is 2.60. The van der Waals surface area contributed by atoms with Gasteiger partial charge in [0.05, 0.1) is 5.56 Å². The molecule has 0 spiro atoms. The van der Waals surface area contributed by atoms with E-state index in [0.717, 1.165) is 0 Å². The summed E-state index contributed by atoms with van der Waals surface area (Å²) in [4.78, 5) is 23.3. The molecule has 0 fully saturated rings. The van der Waals surface area contributed by atoms with E-state index >= 15 is 0 Å². The molecule has 0 saturated heterocycles. The molecule has 0 aromatic heterocycles. The normalized spacial score (nSPS) is 11.6. The van der Waals surface area contributed by atoms with Gasteiger partial charge in [0.1, 0.15) is 0 Å². The lowest BCUT2D eigenvalue weighted by atomic mass is 10.1. The molecular weight excluding hydrogens is 242 g/mol. The molecule has 1 unspecified atom stereocenters. The fourth-order valence-corrected chi connectivity index (χ4v) is 1.67. The Morgan fingerprint density at radius 2 is 1.42 bits per heavy atom. The maximum Gasteiger partial charge on any atom is 0.339 e. The summed E-state index contributed by atoms with van der Waals surface area (Å²) in [7, 11) is 0. The topological polar surface area (TPSA) is 69.4 Å². The Labute approximate surface area is 110 Å². The summed E-state index contributed by atoms with van der Waals surface area (Å²) in [5.74, 6) is -1.27. The number of rotatable bonds is 4. The van der Waals surface area contributed by atoms with Crippen LogP contribution in [0.25, 0.3) is 0 Å². The Bertz CT molecular complexity index is 566. The van der Waals surface area contributed by atoms with Crippen LogP contribution in [0.15, 0.2) is 60.7 Å². The smallest absolute Gasteiger partial charge is 0.339 e. The average molecular weight is 255 g/mol. The van der Waals surface area contributed by atoms with Crippen LogP contribution < -0.4 is 5.73 Å². The maximum atomic E-state index is 11.9. The Balaban J connectivity index is 2.19. The van der Waals surface area contributed by atoms with Crippen molar-refractivity contribution >= 4 is 11.9 Å². The Kier molecular flexibility index (Phi) is 3.93. The molecule has 4 heteroatoms. The molecule has 0 aliphatic heterocycles. The van der Waals surface area contributed by atoms with Gasteiger partial charge in [-0.05, 0) is 12.1 Å². The second-order valence-electron chi connectivity index (χ2n) is 3.96. The number of nitrogens with two attached hydrogens (primary N) is 1. The molecule has 2 aromatic carbocycles. The summed E-state index contributed by atoms with van der Waals surface area (Å²) in [6.45, 7) is 0. The molecular formula is C15H13NO3. The molecule has 0 aliphatic carbocycles. The number of hydrogen-bond acceptors (Lipinski definition) is 3. The van der Waals surface area contributed by atoms with Gasteiger partial charge in [0.15, 0.2) is 0 Å². The number of carbonyl (C=O) groups excluding carboxylic acids is 2. The van der Waals surface area contributed by atoms with Crippen molar-refractivity contribution in [1.82, 2.24) is 0 Å². The molecule has 2 rings (SSSR count). The van der Waals surface area contributed by atoms with Crippen molar-refractivity contribution in [3.05, 3.63) is 71.8 Å². The van der Waals surface area contributed by atoms with Gasteiger partial charge in [0.2, 0.25) is 6.10 Å². The van der Waals surface area contributed by atoms with Crippen molar-refractivity contribution in [2.75, 3.05) is 0 Å². The number of ether oxygens (including phenoxy) is 1. The van der Waals surface area contributed by atoms with Crippen LogP contribution in [0.2, 0.25) is 0 Å². The standard InChI is InChI=1S/C15H13NO3/c16-14(17)13(11-7-3-1-4-8-11)19-15(18)12-9-5-2-6-10-12/h1-10,13H,(H2,16,17). The first-order chi connectivity index (χ1) is 9.18. The van der Waals surface area contributed by atoms with E-state index in [-0.39, 0.29) is 0 Å². The van der Waals surface area contributed by atoms with E-state index in [0.29, 0.717) is 11.1 Å². The SMILES string of the molecule is NC(=O)C(OC(=O)c1ccccc1)c1ccccc1. The van der Waals surface area contributed by atoms with Gasteiger partial charge in [-0.15, -0.1) is 0 Å². The largest absolute Gasteiger partial charge is 0.444 e. The van der Waals surface area contributed by atoms with Crippen molar-refractivity contribution in [3.63, 3.8) is 0 Å². The summed E-state index contributed by atoms with van der Waals surface area (Å²) >= 11 is 0. The van der Waals surface area contributed by atoms with Crippen LogP contribution >= 0.6 is 0 Å². The average Bonchev–Trinajstić information content (AvgIpc) is 2.46. The zero-order valence-corrected chi connectivity index (χ0v) is 10.2. The van der Waals surface area contributed by atoms with Gasteiger partial charge < -0.3 is 10.5 Å². The first-order valence-corrected chi connectivity index (χ1v) is 5.79. The minimum atomic E-state index is -1.08. The van der Waals surface area contributed by atoms with Crippen molar-refractivity contribution in [1.29, 1.82) is 0 Å². The highest BCUT2D eigenvalue weighted by Crippen LogP contribution is 2.18. The number of benzene rings is 2. The van der Waals surface area contributed by atoms with Crippen LogP contribution in [0.1, 0.15) is 22.0 Å². The summed E-state index contributed by atoms with van der Waals surface area (Å²) in [6, 6.07) is 17.2. The summed E-state index contributed by atoms with van der Waals surface area (Å²) in [6.07, 6.45) is -1.08. The molecule has 96 valence electrons. The van der Waals surface area contributed by atoms with E-state index in [1.165, 1.54) is 0 Å². The molecule has 0 radical (unpaired) electrons. The molecule has 2 aromatic rings. The van der Waals surface area contributed by atoms with Gasteiger partial charge in [-0.25, -0.2) is 4.79 Å².